The summed E-state index contributed by atoms with van der Waals surface area (Å²) in [5, 5.41) is 0.365. The maximum atomic E-state index is 12.8. The fourth-order valence-corrected chi connectivity index (χ4v) is 3.25. The standard InChI is InChI=1S/C20H17N3O4/c1-27-19(26)14-7-8-15-16(11-14)21-20-22(17(24)12-23(20)18(15)25)10-9-13-5-3-2-4-6-13/h2-8,11H,9-10,12H2,1H3. The van der Waals surface area contributed by atoms with E-state index in [1.807, 2.05) is 30.3 Å². The van der Waals surface area contributed by atoms with Gasteiger partial charge in [-0.15, -0.1) is 0 Å². The zero-order valence-corrected chi connectivity index (χ0v) is 14.7. The number of hydrogen-bond acceptors (Lipinski definition) is 5. The van der Waals surface area contributed by atoms with E-state index in [1.54, 1.807) is 6.07 Å². The van der Waals surface area contributed by atoms with Gasteiger partial charge in [0.05, 0.1) is 23.6 Å². The fraction of sp³-hybridized carbons (Fsp3) is 0.200. The summed E-state index contributed by atoms with van der Waals surface area (Å²) in [7, 11) is 1.29. The third-order valence-electron chi connectivity index (χ3n) is 4.66. The first-order valence-electron chi connectivity index (χ1n) is 8.55. The normalized spacial score (nSPS) is 13.1. The van der Waals surface area contributed by atoms with E-state index in [9.17, 15) is 14.4 Å². The van der Waals surface area contributed by atoms with Gasteiger partial charge >= 0.3 is 5.97 Å². The third kappa shape index (κ3) is 2.97. The average molecular weight is 363 g/mol. The van der Waals surface area contributed by atoms with E-state index >= 15 is 0 Å². The molecule has 2 heterocycles. The molecule has 1 aliphatic heterocycles. The highest BCUT2D eigenvalue weighted by molar-refractivity contribution is 5.98. The van der Waals surface area contributed by atoms with Gasteiger partial charge in [-0.25, -0.2) is 9.78 Å². The molecular formula is C20H17N3O4. The average Bonchev–Trinajstić information content (AvgIpc) is 3.01. The molecule has 1 aliphatic rings. The Morgan fingerprint density at radius 1 is 1.15 bits per heavy atom. The number of nitrogens with zero attached hydrogens (tertiary/aromatic N) is 3. The van der Waals surface area contributed by atoms with Crippen molar-refractivity contribution >= 4 is 28.7 Å². The molecule has 27 heavy (non-hydrogen) atoms. The van der Waals surface area contributed by atoms with Crippen LogP contribution in [0.25, 0.3) is 10.9 Å². The Bertz CT molecular complexity index is 1110. The minimum absolute atomic E-state index is 0.0232. The zero-order chi connectivity index (χ0) is 19.0. The fourth-order valence-electron chi connectivity index (χ4n) is 3.25. The van der Waals surface area contributed by atoms with Crippen LogP contribution in [0, 0.1) is 0 Å². The van der Waals surface area contributed by atoms with Crippen LogP contribution in [0.5, 0.6) is 0 Å². The number of hydrogen-bond donors (Lipinski definition) is 0. The highest BCUT2D eigenvalue weighted by Gasteiger charge is 2.30. The van der Waals surface area contributed by atoms with Crippen LogP contribution in [-0.4, -0.2) is 35.1 Å². The van der Waals surface area contributed by atoms with Gasteiger partial charge in [-0.1, -0.05) is 30.3 Å². The Balaban J connectivity index is 1.73. The molecule has 0 atom stereocenters. The monoisotopic (exact) mass is 363 g/mol. The van der Waals surface area contributed by atoms with Crippen molar-refractivity contribution in [2.45, 2.75) is 13.0 Å². The van der Waals surface area contributed by atoms with E-state index in [0.717, 1.165) is 5.56 Å². The van der Waals surface area contributed by atoms with Gasteiger partial charge < -0.3 is 4.74 Å². The molecule has 0 saturated heterocycles. The molecule has 0 spiro atoms. The second kappa shape index (κ2) is 6.68. The Hall–Kier alpha value is -3.48. The van der Waals surface area contributed by atoms with Crippen LogP contribution in [0.3, 0.4) is 0 Å². The summed E-state index contributed by atoms with van der Waals surface area (Å²) in [4.78, 5) is 43.0. The van der Waals surface area contributed by atoms with Gasteiger partial charge in [0.2, 0.25) is 11.9 Å². The number of aromatic nitrogens is 2. The summed E-state index contributed by atoms with van der Waals surface area (Å²) in [5.74, 6) is -0.356. The van der Waals surface area contributed by atoms with Crippen molar-refractivity contribution in [1.82, 2.24) is 9.55 Å². The van der Waals surface area contributed by atoms with Crippen molar-refractivity contribution < 1.29 is 14.3 Å². The Morgan fingerprint density at radius 2 is 1.93 bits per heavy atom. The Morgan fingerprint density at radius 3 is 2.67 bits per heavy atom. The maximum absolute atomic E-state index is 12.8. The molecule has 0 N–H and O–H groups in total. The topological polar surface area (TPSA) is 81.5 Å². The number of fused-ring (bicyclic) bond motifs is 2. The number of carbonyl (C=O) groups excluding carboxylic acids is 2. The number of rotatable bonds is 4. The second-order valence-corrected chi connectivity index (χ2v) is 6.31. The molecule has 0 fully saturated rings. The van der Waals surface area contributed by atoms with Gasteiger partial charge in [-0.2, -0.15) is 0 Å². The van der Waals surface area contributed by atoms with E-state index in [4.69, 9.17) is 4.74 Å². The lowest BCUT2D eigenvalue weighted by molar-refractivity contribution is -0.118. The lowest BCUT2D eigenvalue weighted by atomic mass is 10.1. The molecule has 1 aromatic heterocycles. The van der Waals surface area contributed by atoms with Gasteiger partial charge in [0.15, 0.2) is 0 Å². The van der Waals surface area contributed by atoms with E-state index in [0.29, 0.717) is 35.4 Å². The Kier molecular flexibility index (Phi) is 4.19. The lowest BCUT2D eigenvalue weighted by Crippen LogP contribution is -2.29. The predicted octanol–water partition coefficient (Wildman–Crippen LogP) is 1.77. The molecule has 2 aromatic carbocycles. The number of amides is 1. The minimum Gasteiger partial charge on any atom is -0.465 e. The predicted molar refractivity (Wildman–Crippen MR) is 99.8 cm³/mol. The molecule has 1 amide bonds. The van der Waals surface area contributed by atoms with Gasteiger partial charge in [0.25, 0.3) is 5.56 Å². The van der Waals surface area contributed by atoms with Crippen molar-refractivity contribution in [2.24, 2.45) is 0 Å². The summed E-state index contributed by atoms with van der Waals surface area (Å²) in [6.45, 7) is 0.405. The molecule has 136 valence electrons. The summed E-state index contributed by atoms with van der Waals surface area (Å²) in [6.07, 6.45) is 0.655. The Labute approximate surface area is 154 Å². The largest absolute Gasteiger partial charge is 0.465 e. The van der Waals surface area contributed by atoms with Crippen LogP contribution in [0.1, 0.15) is 15.9 Å². The first-order chi connectivity index (χ1) is 13.1. The van der Waals surface area contributed by atoms with E-state index in [2.05, 4.69) is 4.98 Å². The molecule has 0 radical (unpaired) electrons. The first kappa shape index (κ1) is 17.0. The van der Waals surface area contributed by atoms with Crippen molar-refractivity contribution in [2.75, 3.05) is 18.6 Å². The first-order valence-corrected chi connectivity index (χ1v) is 8.55. The SMILES string of the molecule is COC(=O)c1ccc2c(=O)n3c(nc2c1)N(CCc1ccccc1)C(=O)C3. The number of esters is 1. The molecule has 0 saturated carbocycles. The van der Waals surface area contributed by atoms with Crippen molar-refractivity contribution in [3.63, 3.8) is 0 Å². The number of carbonyl (C=O) groups is 2. The van der Waals surface area contributed by atoms with Crippen LogP contribution < -0.4 is 10.5 Å². The number of benzene rings is 2. The quantitative estimate of drug-likeness (QED) is 0.660. The van der Waals surface area contributed by atoms with Gasteiger partial charge in [0.1, 0.15) is 6.54 Å². The van der Waals surface area contributed by atoms with Crippen LogP contribution in [0.4, 0.5) is 5.95 Å². The molecule has 0 aliphatic carbocycles. The zero-order valence-electron chi connectivity index (χ0n) is 14.7. The van der Waals surface area contributed by atoms with Crippen molar-refractivity contribution in [3.05, 3.63) is 70.0 Å². The highest BCUT2D eigenvalue weighted by Crippen LogP contribution is 2.22. The van der Waals surface area contributed by atoms with Crippen LogP contribution in [-0.2, 0) is 22.5 Å². The third-order valence-corrected chi connectivity index (χ3v) is 4.66. The summed E-state index contributed by atoms with van der Waals surface area (Å²) in [5.41, 5.74) is 1.48. The van der Waals surface area contributed by atoms with Gasteiger partial charge in [-0.05, 0) is 30.2 Å². The molecule has 7 heteroatoms. The van der Waals surface area contributed by atoms with E-state index in [1.165, 1.54) is 28.7 Å². The molecule has 3 aromatic rings. The number of methoxy groups -OCH3 is 1. The number of anilines is 1. The summed E-state index contributed by atoms with van der Waals surface area (Å²) >= 11 is 0. The van der Waals surface area contributed by atoms with Crippen LogP contribution in [0.15, 0.2) is 53.3 Å². The minimum atomic E-state index is -0.503. The molecule has 4 rings (SSSR count). The van der Waals surface area contributed by atoms with Crippen molar-refractivity contribution in [1.29, 1.82) is 0 Å². The van der Waals surface area contributed by atoms with E-state index < -0.39 is 5.97 Å². The van der Waals surface area contributed by atoms with Gasteiger partial charge in [0, 0.05) is 6.54 Å². The van der Waals surface area contributed by atoms with Crippen LogP contribution >= 0.6 is 0 Å². The smallest absolute Gasteiger partial charge is 0.337 e. The number of ether oxygens (including phenoxy) is 1. The highest BCUT2D eigenvalue weighted by atomic mass is 16.5. The second-order valence-electron chi connectivity index (χ2n) is 6.31. The molecular weight excluding hydrogens is 346 g/mol. The summed E-state index contributed by atoms with van der Waals surface area (Å²) < 4.78 is 6.10. The molecule has 0 bridgehead atoms. The van der Waals surface area contributed by atoms with Crippen LogP contribution in [0.2, 0.25) is 0 Å². The van der Waals surface area contributed by atoms with E-state index in [-0.39, 0.29) is 18.0 Å². The van der Waals surface area contributed by atoms with Gasteiger partial charge in [-0.3, -0.25) is 19.1 Å². The lowest BCUT2D eigenvalue weighted by Gasteiger charge is -2.15. The molecule has 0 unspecified atom stereocenters. The maximum Gasteiger partial charge on any atom is 0.337 e. The van der Waals surface area contributed by atoms with Crippen molar-refractivity contribution in [3.8, 4) is 0 Å². The molecule has 7 nitrogen and oxygen atoms in total. The summed E-state index contributed by atoms with van der Waals surface area (Å²) in [6, 6.07) is 14.4.